The summed E-state index contributed by atoms with van der Waals surface area (Å²) in [5, 5.41) is 12.6. The normalized spacial score (nSPS) is 33.2. The monoisotopic (exact) mass is 373 g/mol. The van der Waals surface area contributed by atoms with Crippen LogP contribution >= 0.6 is 0 Å². The van der Waals surface area contributed by atoms with Gasteiger partial charge in [0.2, 0.25) is 5.91 Å². The van der Waals surface area contributed by atoms with Crippen LogP contribution in [0.2, 0.25) is 0 Å². The van der Waals surface area contributed by atoms with Crippen LogP contribution in [0.1, 0.15) is 44.9 Å². The van der Waals surface area contributed by atoms with Gasteiger partial charge in [-0.3, -0.25) is 4.79 Å². The van der Waals surface area contributed by atoms with Gasteiger partial charge in [-0.25, -0.2) is 4.79 Å². The standard InChI is InChI=1S/C20H31N5O2/c21-11-18-5-4-8-25(18)19(26)12-22-17-9-15-13-24(14-16(15)10-17)20(27)23-6-2-1-3-7-23/h15-18,22H,1-10,12-14H2/t15-,16+,17-,18-/m0/s1. The summed E-state index contributed by atoms with van der Waals surface area (Å²) >= 11 is 0. The fourth-order valence-electron chi connectivity index (χ4n) is 5.44. The van der Waals surface area contributed by atoms with Crippen LogP contribution in [-0.2, 0) is 4.79 Å². The average molecular weight is 374 g/mol. The Balaban J connectivity index is 1.21. The zero-order valence-corrected chi connectivity index (χ0v) is 16.1. The summed E-state index contributed by atoms with van der Waals surface area (Å²) in [6.07, 6.45) is 7.34. The van der Waals surface area contributed by atoms with Gasteiger partial charge in [-0.05, 0) is 56.8 Å². The summed E-state index contributed by atoms with van der Waals surface area (Å²) in [7, 11) is 0. The average Bonchev–Trinajstić information content (AvgIpc) is 3.40. The zero-order valence-electron chi connectivity index (χ0n) is 16.1. The fraction of sp³-hybridized carbons (Fsp3) is 0.850. The van der Waals surface area contributed by atoms with Crippen molar-refractivity contribution in [2.24, 2.45) is 11.8 Å². The molecule has 1 saturated carbocycles. The summed E-state index contributed by atoms with van der Waals surface area (Å²) in [5.74, 6) is 1.17. The zero-order chi connectivity index (χ0) is 18.8. The van der Waals surface area contributed by atoms with E-state index < -0.39 is 0 Å². The lowest BCUT2D eigenvalue weighted by Gasteiger charge is -2.31. The lowest BCUT2D eigenvalue weighted by atomic mass is 10.0. The second-order valence-corrected chi connectivity index (χ2v) is 8.68. The molecule has 3 saturated heterocycles. The van der Waals surface area contributed by atoms with Gasteiger partial charge < -0.3 is 20.0 Å². The quantitative estimate of drug-likeness (QED) is 0.811. The third-order valence-corrected chi connectivity index (χ3v) is 6.91. The molecule has 148 valence electrons. The Morgan fingerprint density at radius 3 is 2.33 bits per heavy atom. The minimum absolute atomic E-state index is 0.0537. The van der Waals surface area contributed by atoms with Gasteiger partial charge in [-0.15, -0.1) is 0 Å². The minimum Gasteiger partial charge on any atom is -0.326 e. The molecule has 1 N–H and O–H groups in total. The molecule has 4 aliphatic rings. The molecule has 0 aromatic heterocycles. The first kappa shape index (κ1) is 18.5. The highest BCUT2D eigenvalue weighted by Gasteiger charge is 2.43. The van der Waals surface area contributed by atoms with E-state index in [9.17, 15) is 9.59 Å². The van der Waals surface area contributed by atoms with E-state index in [1.807, 2.05) is 4.90 Å². The van der Waals surface area contributed by atoms with Crippen molar-refractivity contribution in [2.75, 3.05) is 39.3 Å². The highest BCUT2D eigenvalue weighted by molar-refractivity contribution is 5.79. The molecule has 0 spiro atoms. The highest BCUT2D eigenvalue weighted by Crippen LogP contribution is 2.38. The number of carbonyl (C=O) groups excluding carboxylic acids is 2. The lowest BCUT2D eigenvalue weighted by molar-refractivity contribution is -0.130. The Hall–Kier alpha value is -1.81. The van der Waals surface area contributed by atoms with Crippen molar-refractivity contribution in [1.82, 2.24) is 20.0 Å². The number of carbonyl (C=O) groups is 2. The third kappa shape index (κ3) is 3.91. The summed E-state index contributed by atoms with van der Waals surface area (Å²) in [6.45, 7) is 4.61. The van der Waals surface area contributed by atoms with Gasteiger partial charge in [0, 0.05) is 38.8 Å². The molecule has 3 aliphatic heterocycles. The SMILES string of the molecule is N#C[C@@H]1CCCN1C(=O)CN[C@@H]1C[C@@H]2CN(C(=O)N3CCCCC3)C[C@@H]2C1. The molecule has 0 unspecified atom stereocenters. The number of hydrogen-bond donors (Lipinski definition) is 1. The van der Waals surface area contributed by atoms with Crippen LogP contribution < -0.4 is 5.32 Å². The van der Waals surface area contributed by atoms with Crippen LogP contribution in [0.25, 0.3) is 0 Å². The van der Waals surface area contributed by atoms with Gasteiger partial charge in [0.15, 0.2) is 0 Å². The molecule has 7 nitrogen and oxygen atoms in total. The van der Waals surface area contributed by atoms with E-state index in [0.717, 1.165) is 64.7 Å². The number of likely N-dealkylation sites (tertiary alicyclic amines) is 3. The van der Waals surface area contributed by atoms with Gasteiger partial charge in [0.25, 0.3) is 0 Å². The van der Waals surface area contributed by atoms with E-state index in [0.29, 0.717) is 31.0 Å². The molecule has 4 fully saturated rings. The molecule has 0 aromatic rings. The predicted molar refractivity (Wildman–Crippen MR) is 101 cm³/mol. The molecule has 27 heavy (non-hydrogen) atoms. The maximum Gasteiger partial charge on any atom is 0.320 e. The lowest BCUT2D eigenvalue weighted by Crippen LogP contribution is -2.45. The number of fused-ring (bicyclic) bond motifs is 1. The highest BCUT2D eigenvalue weighted by atomic mass is 16.2. The molecule has 3 heterocycles. The van der Waals surface area contributed by atoms with E-state index in [4.69, 9.17) is 5.26 Å². The summed E-state index contributed by atoms with van der Waals surface area (Å²) in [5.41, 5.74) is 0. The van der Waals surface area contributed by atoms with Crippen molar-refractivity contribution >= 4 is 11.9 Å². The molecule has 4 atom stereocenters. The van der Waals surface area contributed by atoms with Crippen LogP contribution in [0.5, 0.6) is 0 Å². The van der Waals surface area contributed by atoms with Crippen LogP contribution in [-0.4, -0.2) is 78.0 Å². The van der Waals surface area contributed by atoms with E-state index >= 15 is 0 Å². The third-order valence-electron chi connectivity index (χ3n) is 6.91. The van der Waals surface area contributed by atoms with Gasteiger partial charge >= 0.3 is 6.03 Å². The summed E-state index contributed by atoms with van der Waals surface area (Å²) in [6, 6.07) is 2.59. The van der Waals surface area contributed by atoms with E-state index in [-0.39, 0.29) is 18.0 Å². The fourth-order valence-corrected chi connectivity index (χ4v) is 5.44. The van der Waals surface area contributed by atoms with E-state index in [2.05, 4.69) is 16.3 Å². The Morgan fingerprint density at radius 2 is 1.67 bits per heavy atom. The summed E-state index contributed by atoms with van der Waals surface area (Å²) < 4.78 is 0. The van der Waals surface area contributed by atoms with E-state index in [1.54, 1.807) is 4.90 Å². The maximum atomic E-state index is 12.7. The number of nitrogens with one attached hydrogen (secondary N) is 1. The predicted octanol–water partition coefficient (Wildman–Crippen LogP) is 1.41. The second kappa shape index (κ2) is 8.05. The van der Waals surface area contributed by atoms with Gasteiger partial charge in [0.1, 0.15) is 6.04 Å². The number of nitriles is 1. The first-order valence-corrected chi connectivity index (χ1v) is 10.6. The molecule has 4 rings (SSSR count). The Bertz CT molecular complexity index is 598. The first-order valence-electron chi connectivity index (χ1n) is 10.6. The Kier molecular flexibility index (Phi) is 5.53. The van der Waals surface area contributed by atoms with Crippen molar-refractivity contribution in [3.05, 3.63) is 0 Å². The van der Waals surface area contributed by atoms with Crippen LogP contribution in [0.15, 0.2) is 0 Å². The van der Waals surface area contributed by atoms with Gasteiger partial charge in [0.05, 0.1) is 12.6 Å². The number of nitrogens with zero attached hydrogens (tertiary/aromatic N) is 4. The topological polar surface area (TPSA) is 79.7 Å². The molecular weight excluding hydrogens is 342 g/mol. The number of piperidine rings is 1. The van der Waals surface area contributed by atoms with Crippen LogP contribution in [0.4, 0.5) is 4.79 Å². The van der Waals surface area contributed by atoms with E-state index in [1.165, 1.54) is 6.42 Å². The van der Waals surface area contributed by atoms with Crippen molar-refractivity contribution in [3.8, 4) is 6.07 Å². The molecule has 0 aromatic carbocycles. The van der Waals surface area contributed by atoms with Gasteiger partial charge in [-0.1, -0.05) is 0 Å². The Labute approximate surface area is 161 Å². The van der Waals surface area contributed by atoms with Crippen molar-refractivity contribution in [1.29, 1.82) is 5.26 Å². The molecule has 3 amide bonds. The summed E-state index contributed by atoms with van der Waals surface area (Å²) in [4.78, 5) is 30.9. The second-order valence-electron chi connectivity index (χ2n) is 8.68. The molecule has 7 heteroatoms. The van der Waals surface area contributed by atoms with Crippen molar-refractivity contribution in [2.45, 2.75) is 57.0 Å². The van der Waals surface area contributed by atoms with Crippen molar-refractivity contribution in [3.63, 3.8) is 0 Å². The maximum absolute atomic E-state index is 12.7. The Morgan fingerprint density at radius 1 is 0.963 bits per heavy atom. The van der Waals surface area contributed by atoms with Crippen LogP contribution in [0, 0.1) is 23.2 Å². The number of amides is 3. The minimum atomic E-state index is -0.239. The smallest absolute Gasteiger partial charge is 0.320 e. The number of rotatable bonds is 3. The van der Waals surface area contributed by atoms with Gasteiger partial charge in [-0.2, -0.15) is 5.26 Å². The first-order chi connectivity index (χ1) is 13.2. The largest absolute Gasteiger partial charge is 0.326 e. The van der Waals surface area contributed by atoms with Crippen LogP contribution in [0.3, 0.4) is 0 Å². The molecule has 0 radical (unpaired) electrons. The molecular formula is C20H31N5O2. The number of urea groups is 1. The van der Waals surface area contributed by atoms with Crippen molar-refractivity contribution < 1.29 is 9.59 Å². The molecule has 1 aliphatic carbocycles. The number of hydrogen-bond acceptors (Lipinski definition) is 4. The molecule has 0 bridgehead atoms.